The number of nitrogens with one attached hydrogen (secondary N) is 2. The van der Waals surface area contributed by atoms with Gasteiger partial charge in [0.25, 0.3) is 0 Å². The Morgan fingerprint density at radius 3 is 2.89 bits per heavy atom. The van der Waals surface area contributed by atoms with Gasteiger partial charge in [-0.3, -0.25) is 14.9 Å². The maximum absolute atomic E-state index is 11.1. The van der Waals surface area contributed by atoms with Gasteiger partial charge in [-0.25, -0.2) is 0 Å². The number of benzene rings is 1. The second-order valence-electron chi connectivity index (χ2n) is 3.96. The Bertz CT molecular complexity index is 489. The molecule has 2 N–H and O–H groups in total. The number of anilines is 1. The molecular weight excluding hydrogens is 238 g/mol. The van der Waals surface area contributed by atoms with Gasteiger partial charge in [0.1, 0.15) is 5.69 Å². The van der Waals surface area contributed by atoms with Gasteiger partial charge in [-0.1, -0.05) is 6.07 Å². The van der Waals surface area contributed by atoms with Crippen molar-refractivity contribution in [2.75, 3.05) is 19.0 Å². The highest BCUT2D eigenvalue weighted by atomic mass is 16.6. The van der Waals surface area contributed by atoms with Crippen LogP contribution in [-0.4, -0.2) is 30.5 Å². The number of nitrogens with zero attached hydrogens (tertiary/aromatic N) is 1. The van der Waals surface area contributed by atoms with E-state index in [0.717, 1.165) is 0 Å². The highest BCUT2D eigenvalue weighted by Gasteiger charge is 2.26. The van der Waals surface area contributed by atoms with Crippen LogP contribution in [0.3, 0.4) is 0 Å². The summed E-state index contributed by atoms with van der Waals surface area (Å²) < 4.78 is 4.97. The molecule has 1 aliphatic heterocycles. The van der Waals surface area contributed by atoms with E-state index in [1.807, 2.05) is 0 Å². The number of ether oxygens (including phenoxy) is 1. The van der Waals surface area contributed by atoms with Gasteiger partial charge in [-0.2, -0.15) is 0 Å². The largest absolute Gasteiger partial charge is 0.490 e. The molecule has 0 aromatic heterocycles. The summed E-state index contributed by atoms with van der Waals surface area (Å²) in [6.45, 7) is 0.465. The molecule has 7 heteroatoms. The summed E-state index contributed by atoms with van der Waals surface area (Å²) >= 11 is 0. The molecule has 0 bridgehead atoms. The smallest absolute Gasteiger partial charge is 0.333 e. The van der Waals surface area contributed by atoms with Crippen molar-refractivity contribution in [2.24, 2.45) is 0 Å². The zero-order valence-corrected chi connectivity index (χ0v) is 9.80. The van der Waals surface area contributed by atoms with Crippen LogP contribution in [0, 0.1) is 10.1 Å². The number of nitro groups is 1. The molecular formula is C11H13N3O4. The minimum absolute atomic E-state index is 0.0574. The molecule has 1 aromatic carbocycles. The number of hydrogen-bond donors (Lipinski definition) is 2. The predicted octanol–water partition coefficient (Wildman–Crippen LogP) is 0.904. The lowest BCUT2D eigenvalue weighted by molar-refractivity contribution is -0.384. The number of rotatable bonds is 4. The molecule has 0 radical (unpaired) electrons. The zero-order chi connectivity index (χ0) is 13.1. The van der Waals surface area contributed by atoms with Crippen LogP contribution in [0.1, 0.15) is 6.42 Å². The Balaban J connectivity index is 2.26. The van der Waals surface area contributed by atoms with Crippen molar-refractivity contribution >= 4 is 17.3 Å². The van der Waals surface area contributed by atoms with Gasteiger partial charge in [-0.15, -0.1) is 0 Å². The summed E-state index contributed by atoms with van der Waals surface area (Å²) in [6.07, 6.45) is 0.314. The fourth-order valence-electron chi connectivity index (χ4n) is 1.92. The van der Waals surface area contributed by atoms with Crippen LogP contribution in [0.25, 0.3) is 0 Å². The van der Waals surface area contributed by atoms with Crippen molar-refractivity contribution in [3.05, 3.63) is 28.3 Å². The third-order valence-electron chi connectivity index (χ3n) is 2.74. The molecule has 7 nitrogen and oxygen atoms in total. The zero-order valence-electron chi connectivity index (χ0n) is 9.80. The highest BCUT2D eigenvalue weighted by molar-refractivity contribution is 5.80. The summed E-state index contributed by atoms with van der Waals surface area (Å²) in [7, 11) is 1.38. The second kappa shape index (κ2) is 4.91. The van der Waals surface area contributed by atoms with E-state index in [2.05, 4.69) is 10.6 Å². The molecule has 1 fully saturated rings. The molecule has 1 saturated heterocycles. The number of carbonyl (C=O) groups is 1. The van der Waals surface area contributed by atoms with Gasteiger partial charge in [0.05, 0.1) is 18.1 Å². The monoisotopic (exact) mass is 251 g/mol. The average Bonchev–Trinajstić information content (AvgIpc) is 2.74. The average molecular weight is 251 g/mol. The molecule has 1 atom stereocenters. The first-order chi connectivity index (χ1) is 8.61. The van der Waals surface area contributed by atoms with Crippen LogP contribution >= 0.6 is 0 Å². The van der Waals surface area contributed by atoms with Gasteiger partial charge in [0, 0.05) is 13.0 Å². The standard InChI is InChI=1S/C11H13N3O4/c1-18-9-4-2-3-8(11(9)14(16)17)13-7-5-10(15)12-6-7/h2-4,7,13H,5-6H2,1H3,(H,12,15). The summed E-state index contributed by atoms with van der Waals surface area (Å²) in [5.41, 5.74) is 0.250. The molecule has 1 aromatic rings. The maximum Gasteiger partial charge on any atom is 0.333 e. The van der Waals surface area contributed by atoms with Gasteiger partial charge in [0.15, 0.2) is 5.75 Å². The lowest BCUT2D eigenvalue weighted by atomic mass is 10.2. The molecule has 1 aliphatic rings. The normalized spacial score (nSPS) is 18.3. The first-order valence-corrected chi connectivity index (χ1v) is 5.46. The van der Waals surface area contributed by atoms with Crippen LogP contribution in [-0.2, 0) is 4.79 Å². The SMILES string of the molecule is COc1cccc(NC2CNC(=O)C2)c1[N+](=O)[O-]. The Labute approximate surface area is 103 Å². The molecule has 0 spiro atoms. The van der Waals surface area contributed by atoms with Gasteiger partial charge < -0.3 is 15.4 Å². The Kier molecular flexibility index (Phi) is 3.31. The first-order valence-electron chi connectivity index (χ1n) is 5.46. The van der Waals surface area contributed by atoms with E-state index in [-0.39, 0.29) is 23.4 Å². The summed E-state index contributed by atoms with van der Waals surface area (Å²) in [4.78, 5) is 21.6. The molecule has 0 aliphatic carbocycles. The third kappa shape index (κ3) is 2.34. The molecule has 96 valence electrons. The number of hydrogen-bond acceptors (Lipinski definition) is 5. The molecule has 18 heavy (non-hydrogen) atoms. The molecule has 2 rings (SSSR count). The van der Waals surface area contributed by atoms with E-state index in [1.165, 1.54) is 13.2 Å². The minimum atomic E-state index is -0.495. The van der Waals surface area contributed by atoms with Crippen molar-refractivity contribution in [2.45, 2.75) is 12.5 Å². The van der Waals surface area contributed by atoms with Crippen molar-refractivity contribution in [3.63, 3.8) is 0 Å². The third-order valence-corrected chi connectivity index (χ3v) is 2.74. The van der Waals surface area contributed by atoms with Crippen molar-refractivity contribution in [1.29, 1.82) is 0 Å². The number of carbonyl (C=O) groups excluding carboxylic acids is 1. The number of nitro benzene ring substituents is 1. The number of para-hydroxylation sites is 1. The van der Waals surface area contributed by atoms with Crippen LogP contribution in [0.15, 0.2) is 18.2 Å². The minimum Gasteiger partial charge on any atom is -0.490 e. The quantitative estimate of drug-likeness (QED) is 0.612. The van der Waals surface area contributed by atoms with E-state index in [0.29, 0.717) is 18.7 Å². The van der Waals surface area contributed by atoms with Crippen molar-refractivity contribution in [1.82, 2.24) is 5.32 Å². The Hall–Kier alpha value is -2.31. The number of amides is 1. The summed E-state index contributed by atoms with van der Waals surface area (Å²) in [5, 5.41) is 16.7. The highest BCUT2D eigenvalue weighted by Crippen LogP contribution is 2.35. The van der Waals surface area contributed by atoms with E-state index >= 15 is 0 Å². The lowest BCUT2D eigenvalue weighted by Crippen LogP contribution is -2.22. The Morgan fingerprint density at radius 2 is 2.33 bits per heavy atom. The maximum atomic E-state index is 11.1. The molecule has 1 unspecified atom stereocenters. The van der Waals surface area contributed by atoms with Gasteiger partial charge >= 0.3 is 5.69 Å². The van der Waals surface area contributed by atoms with Crippen LogP contribution in [0.5, 0.6) is 5.75 Å². The van der Waals surface area contributed by atoms with Crippen LogP contribution < -0.4 is 15.4 Å². The Morgan fingerprint density at radius 1 is 1.56 bits per heavy atom. The topological polar surface area (TPSA) is 93.5 Å². The fraction of sp³-hybridized carbons (Fsp3) is 0.364. The van der Waals surface area contributed by atoms with Crippen molar-refractivity contribution in [3.8, 4) is 5.75 Å². The predicted molar refractivity (Wildman–Crippen MR) is 64.7 cm³/mol. The van der Waals surface area contributed by atoms with Gasteiger partial charge in [-0.05, 0) is 12.1 Å². The lowest BCUT2D eigenvalue weighted by Gasteiger charge is -2.13. The van der Waals surface area contributed by atoms with E-state index in [4.69, 9.17) is 4.74 Å². The van der Waals surface area contributed by atoms with Crippen LogP contribution in [0.2, 0.25) is 0 Å². The molecule has 1 heterocycles. The van der Waals surface area contributed by atoms with Crippen molar-refractivity contribution < 1.29 is 14.5 Å². The first kappa shape index (κ1) is 12.2. The summed E-state index contributed by atoms with van der Waals surface area (Å²) in [6, 6.07) is 4.66. The van der Waals surface area contributed by atoms with E-state index in [9.17, 15) is 14.9 Å². The van der Waals surface area contributed by atoms with Crippen LogP contribution in [0.4, 0.5) is 11.4 Å². The van der Waals surface area contributed by atoms with E-state index in [1.54, 1.807) is 12.1 Å². The second-order valence-corrected chi connectivity index (χ2v) is 3.96. The molecule has 0 saturated carbocycles. The summed E-state index contributed by atoms with van der Waals surface area (Å²) in [5.74, 6) is 0.139. The molecule has 1 amide bonds. The number of methoxy groups -OCH3 is 1. The fourth-order valence-corrected chi connectivity index (χ4v) is 1.92. The van der Waals surface area contributed by atoms with Gasteiger partial charge in [0.2, 0.25) is 5.91 Å². The van der Waals surface area contributed by atoms with E-state index < -0.39 is 4.92 Å².